The van der Waals surface area contributed by atoms with Gasteiger partial charge in [0.25, 0.3) is 11.8 Å². The van der Waals surface area contributed by atoms with E-state index >= 15 is 0 Å². The summed E-state index contributed by atoms with van der Waals surface area (Å²) < 4.78 is 18.5. The van der Waals surface area contributed by atoms with Gasteiger partial charge in [0.15, 0.2) is 6.61 Å². The first-order valence-electron chi connectivity index (χ1n) is 8.09. The SMILES string of the molecule is C[C@H](NC(=O)COC(=O)CNC(=O)c1cccc(Br)c1)c1ccc(F)cc1. The van der Waals surface area contributed by atoms with Gasteiger partial charge in [-0.2, -0.15) is 0 Å². The number of esters is 1. The van der Waals surface area contributed by atoms with Crippen LogP contribution in [-0.2, 0) is 14.3 Å². The van der Waals surface area contributed by atoms with Gasteiger partial charge in [-0.3, -0.25) is 14.4 Å². The van der Waals surface area contributed by atoms with Crippen molar-refractivity contribution in [3.8, 4) is 0 Å². The predicted octanol–water partition coefficient (Wildman–Crippen LogP) is 2.74. The van der Waals surface area contributed by atoms with E-state index in [1.165, 1.54) is 12.1 Å². The molecule has 0 aliphatic heterocycles. The van der Waals surface area contributed by atoms with Crippen molar-refractivity contribution in [1.29, 1.82) is 0 Å². The van der Waals surface area contributed by atoms with Crippen molar-refractivity contribution in [3.05, 3.63) is 69.9 Å². The summed E-state index contributed by atoms with van der Waals surface area (Å²) in [6.45, 7) is 0.897. The molecule has 0 saturated carbocycles. The summed E-state index contributed by atoms with van der Waals surface area (Å²) >= 11 is 3.26. The van der Waals surface area contributed by atoms with Crippen LogP contribution in [0.2, 0.25) is 0 Å². The molecule has 2 amide bonds. The molecule has 142 valence electrons. The van der Waals surface area contributed by atoms with E-state index in [-0.39, 0.29) is 18.4 Å². The summed E-state index contributed by atoms with van der Waals surface area (Å²) in [5, 5.41) is 5.06. The van der Waals surface area contributed by atoms with Crippen LogP contribution in [0.5, 0.6) is 0 Å². The van der Waals surface area contributed by atoms with Gasteiger partial charge >= 0.3 is 5.97 Å². The maximum absolute atomic E-state index is 12.9. The fraction of sp³-hybridized carbons (Fsp3) is 0.211. The van der Waals surface area contributed by atoms with Crippen LogP contribution >= 0.6 is 15.9 Å². The molecule has 2 rings (SSSR count). The van der Waals surface area contributed by atoms with Crippen LogP contribution in [-0.4, -0.2) is 30.9 Å². The molecule has 2 aromatic rings. The highest BCUT2D eigenvalue weighted by molar-refractivity contribution is 9.10. The zero-order valence-electron chi connectivity index (χ0n) is 14.5. The van der Waals surface area contributed by atoms with Crippen molar-refractivity contribution in [2.45, 2.75) is 13.0 Å². The monoisotopic (exact) mass is 436 g/mol. The van der Waals surface area contributed by atoms with Gasteiger partial charge in [0.05, 0.1) is 6.04 Å². The number of ether oxygens (including phenoxy) is 1. The summed E-state index contributed by atoms with van der Waals surface area (Å²) in [5.74, 6) is -2.03. The van der Waals surface area contributed by atoms with Gasteiger partial charge in [-0.05, 0) is 42.8 Å². The number of hydrogen-bond acceptors (Lipinski definition) is 4. The van der Waals surface area contributed by atoms with Crippen molar-refractivity contribution in [2.75, 3.05) is 13.2 Å². The van der Waals surface area contributed by atoms with E-state index in [1.807, 2.05) is 0 Å². The highest BCUT2D eigenvalue weighted by Crippen LogP contribution is 2.13. The zero-order chi connectivity index (χ0) is 19.8. The molecule has 0 bridgehead atoms. The van der Waals surface area contributed by atoms with Gasteiger partial charge in [0.1, 0.15) is 12.4 Å². The number of halogens is 2. The van der Waals surface area contributed by atoms with Gasteiger partial charge in [-0.1, -0.05) is 34.1 Å². The van der Waals surface area contributed by atoms with Gasteiger partial charge in [-0.15, -0.1) is 0 Å². The Morgan fingerprint density at radius 2 is 1.85 bits per heavy atom. The molecule has 1 atom stereocenters. The highest BCUT2D eigenvalue weighted by Gasteiger charge is 2.13. The Labute approximate surface area is 164 Å². The molecule has 0 spiro atoms. The lowest BCUT2D eigenvalue weighted by atomic mass is 10.1. The molecular formula is C19H18BrFN2O4. The Balaban J connectivity index is 1.72. The number of carbonyl (C=O) groups excluding carboxylic acids is 3. The molecule has 0 heterocycles. The summed E-state index contributed by atoms with van der Waals surface area (Å²) in [7, 11) is 0. The van der Waals surface area contributed by atoms with Crippen molar-refractivity contribution < 1.29 is 23.5 Å². The lowest BCUT2D eigenvalue weighted by Crippen LogP contribution is -2.34. The molecule has 0 unspecified atom stereocenters. The van der Waals surface area contributed by atoms with Gasteiger partial charge in [0, 0.05) is 10.0 Å². The van der Waals surface area contributed by atoms with Crippen LogP contribution in [0.3, 0.4) is 0 Å². The number of amides is 2. The van der Waals surface area contributed by atoms with Crippen LogP contribution in [0.4, 0.5) is 4.39 Å². The fourth-order valence-electron chi connectivity index (χ4n) is 2.20. The summed E-state index contributed by atoms with van der Waals surface area (Å²) in [5.41, 5.74) is 1.11. The minimum atomic E-state index is -0.733. The molecule has 0 aromatic heterocycles. The normalized spacial score (nSPS) is 11.4. The Morgan fingerprint density at radius 1 is 1.15 bits per heavy atom. The second-order valence-electron chi connectivity index (χ2n) is 5.69. The molecular weight excluding hydrogens is 419 g/mol. The summed E-state index contributed by atoms with van der Waals surface area (Å²) in [4.78, 5) is 35.4. The first kappa shape index (κ1) is 20.6. The van der Waals surface area contributed by atoms with E-state index in [4.69, 9.17) is 4.74 Å². The maximum Gasteiger partial charge on any atom is 0.325 e. The summed E-state index contributed by atoms with van der Waals surface area (Å²) in [6, 6.07) is 12.0. The van der Waals surface area contributed by atoms with Crippen molar-refractivity contribution in [2.24, 2.45) is 0 Å². The van der Waals surface area contributed by atoms with E-state index < -0.39 is 24.4 Å². The Kier molecular flexibility index (Phi) is 7.48. The molecule has 0 aliphatic rings. The second-order valence-corrected chi connectivity index (χ2v) is 6.61. The van der Waals surface area contributed by atoms with Gasteiger partial charge in [-0.25, -0.2) is 4.39 Å². The Bertz CT molecular complexity index is 827. The lowest BCUT2D eigenvalue weighted by Gasteiger charge is -2.14. The van der Waals surface area contributed by atoms with Gasteiger partial charge in [0.2, 0.25) is 0 Å². The third-order valence-corrected chi connectivity index (χ3v) is 4.09. The van der Waals surface area contributed by atoms with Crippen LogP contribution in [0.1, 0.15) is 28.9 Å². The predicted molar refractivity (Wildman–Crippen MR) is 100 cm³/mol. The molecule has 2 aromatic carbocycles. The lowest BCUT2D eigenvalue weighted by molar-refractivity contribution is -0.147. The number of carbonyl (C=O) groups is 3. The molecule has 0 saturated heterocycles. The molecule has 0 radical (unpaired) electrons. The largest absolute Gasteiger partial charge is 0.454 e. The molecule has 27 heavy (non-hydrogen) atoms. The standard InChI is InChI=1S/C19H18BrFN2O4/c1-12(13-5-7-16(21)8-6-13)23-17(24)11-27-18(25)10-22-19(26)14-3-2-4-15(20)9-14/h2-9,12H,10-11H2,1H3,(H,22,26)(H,23,24)/t12-/m0/s1. The quantitative estimate of drug-likeness (QED) is 0.653. The minimum Gasteiger partial charge on any atom is -0.454 e. The molecule has 0 aliphatic carbocycles. The van der Waals surface area contributed by atoms with E-state index in [0.29, 0.717) is 5.56 Å². The van der Waals surface area contributed by atoms with Crippen molar-refractivity contribution in [3.63, 3.8) is 0 Å². The topological polar surface area (TPSA) is 84.5 Å². The average molecular weight is 437 g/mol. The third-order valence-electron chi connectivity index (χ3n) is 3.59. The Morgan fingerprint density at radius 3 is 2.52 bits per heavy atom. The molecule has 6 nitrogen and oxygen atoms in total. The number of nitrogens with one attached hydrogen (secondary N) is 2. The molecule has 0 fully saturated rings. The first-order chi connectivity index (χ1) is 12.8. The van der Waals surface area contributed by atoms with E-state index in [9.17, 15) is 18.8 Å². The molecule has 8 heteroatoms. The fourth-order valence-corrected chi connectivity index (χ4v) is 2.60. The summed E-state index contributed by atoms with van der Waals surface area (Å²) in [6.07, 6.45) is 0. The average Bonchev–Trinajstić information content (AvgIpc) is 2.64. The van der Waals surface area contributed by atoms with Crippen molar-refractivity contribution >= 4 is 33.7 Å². The van der Waals surface area contributed by atoms with Crippen LogP contribution in [0.15, 0.2) is 53.0 Å². The number of rotatable bonds is 7. The Hall–Kier alpha value is -2.74. The van der Waals surface area contributed by atoms with Crippen molar-refractivity contribution in [1.82, 2.24) is 10.6 Å². The third kappa shape index (κ3) is 6.82. The van der Waals surface area contributed by atoms with E-state index in [0.717, 1.165) is 10.0 Å². The smallest absolute Gasteiger partial charge is 0.325 e. The maximum atomic E-state index is 12.9. The first-order valence-corrected chi connectivity index (χ1v) is 8.88. The van der Waals surface area contributed by atoms with Crippen LogP contribution < -0.4 is 10.6 Å². The second kappa shape index (κ2) is 9.82. The zero-order valence-corrected chi connectivity index (χ0v) is 16.1. The van der Waals surface area contributed by atoms with E-state index in [2.05, 4.69) is 26.6 Å². The highest BCUT2D eigenvalue weighted by atomic mass is 79.9. The van der Waals surface area contributed by atoms with Crippen LogP contribution in [0.25, 0.3) is 0 Å². The molecule has 2 N–H and O–H groups in total. The van der Waals surface area contributed by atoms with E-state index in [1.54, 1.807) is 43.3 Å². The number of benzene rings is 2. The number of hydrogen-bond donors (Lipinski definition) is 2. The minimum absolute atomic E-state index is 0.355. The van der Waals surface area contributed by atoms with Gasteiger partial charge < -0.3 is 15.4 Å². The van der Waals surface area contributed by atoms with Crippen LogP contribution in [0, 0.1) is 5.82 Å².